The molecule has 1 aromatic carbocycles. The second-order valence-corrected chi connectivity index (χ2v) is 4.47. The lowest BCUT2D eigenvalue weighted by Gasteiger charge is -2.01. The summed E-state index contributed by atoms with van der Waals surface area (Å²) in [4.78, 5) is 15.1. The Bertz CT molecular complexity index is 750. The summed E-state index contributed by atoms with van der Waals surface area (Å²) in [6.45, 7) is 0. The Labute approximate surface area is 115 Å². The topological polar surface area (TPSA) is 67.5 Å². The number of aromatic nitrogens is 3. The molecule has 0 atom stereocenters. The summed E-state index contributed by atoms with van der Waals surface area (Å²) in [6.07, 6.45) is 3.99. The summed E-state index contributed by atoms with van der Waals surface area (Å²) in [5, 5.41) is 13.4. The van der Waals surface area contributed by atoms with E-state index in [2.05, 4.69) is 10.1 Å². The number of rotatable bonds is 4. The van der Waals surface area contributed by atoms with Crippen LogP contribution in [0.2, 0.25) is 0 Å². The molecule has 5 nitrogen and oxygen atoms in total. The van der Waals surface area contributed by atoms with E-state index < -0.39 is 5.97 Å². The first-order chi connectivity index (χ1) is 9.75. The van der Waals surface area contributed by atoms with Crippen molar-refractivity contribution in [2.75, 3.05) is 0 Å². The molecule has 0 aliphatic rings. The molecule has 100 valence electrons. The normalized spacial score (nSPS) is 10.8. The molecule has 1 N–H and O–H groups in total. The second-order valence-electron chi connectivity index (χ2n) is 4.47. The van der Waals surface area contributed by atoms with Crippen LogP contribution in [0.5, 0.6) is 0 Å². The van der Waals surface area contributed by atoms with Gasteiger partial charge in [-0.15, -0.1) is 0 Å². The predicted molar refractivity (Wildman–Crippen MR) is 74.4 cm³/mol. The van der Waals surface area contributed by atoms with Crippen LogP contribution in [-0.4, -0.2) is 25.7 Å². The number of carboxylic acids is 1. The lowest BCUT2D eigenvalue weighted by Crippen LogP contribution is -1.99. The quantitative estimate of drug-likeness (QED) is 0.788. The van der Waals surface area contributed by atoms with Crippen molar-refractivity contribution in [2.45, 2.75) is 12.8 Å². The van der Waals surface area contributed by atoms with Crippen LogP contribution in [0.3, 0.4) is 0 Å². The minimum Gasteiger partial charge on any atom is -0.481 e. The highest BCUT2D eigenvalue weighted by atomic mass is 16.4. The Morgan fingerprint density at radius 2 is 2.00 bits per heavy atom. The van der Waals surface area contributed by atoms with Crippen molar-refractivity contribution < 1.29 is 9.90 Å². The van der Waals surface area contributed by atoms with E-state index in [4.69, 9.17) is 5.11 Å². The number of aryl methyl sites for hydroxylation is 1. The van der Waals surface area contributed by atoms with Gasteiger partial charge in [-0.25, -0.2) is 9.50 Å². The highest BCUT2D eigenvalue weighted by Gasteiger charge is 2.15. The summed E-state index contributed by atoms with van der Waals surface area (Å²) < 4.78 is 1.69. The number of aliphatic carboxylic acids is 1. The van der Waals surface area contributed by atoms with Crippen molar-refractivity contribution in [1.29, 1.82) is 0 Å². The number of nitrogens with zero attached hydrogens (tertiary/aromatic N) is 3. The maximum absolute atomic E-state index is 10.8. The van der Waals surface area contributed by atoms with E-state index in [0.29, 0.717) is 12.1 Å². The highest BCUT2D eigenvalue weighted by molar-refractivity contribution is 5.73. The van der Waals surface area contributed by atoms with Crippen LogP contribution in [0.4, 0.5) is 0 Å². The smallest absolute Gasteiger partial charge is 0.303 e. The van der Waals surface area contributed by atoms with Crippen molar-refractivity contribution in [3.63, 3.8) is 0 Å². The molecule has 0 saturated carbocycles. The zero-order chi connectivity index (χ0) is 13.9. The van der Waals surface area contributed by atoms with Crippen molar-refractivity contribution in [3.05, 3.63) is 54.4 Å². The van der Waals surface area contributed by atoms with E-state index in [1.165, 1.54) is 0 Å². The van der Waals surface area contributed by atoms with Crippen LogP contribution in [0.15, 0.2) is 48.8 Å². The van der Waals surface area contributed by atoms with Crippen LogP contribution >= 0.6 is 0 Å². The lowest BCUT2D eigenvalue weighted by atomic mass is 10.0. The van der Waals surface area contributed by atoms with Gasteiger partial charge in [0.15, 0.2) is 5.65 Å². The molecule has 0 aliphatic heterocycles. The maximum atomic E-state index is 10.8. The van der Waals surface area contributed by atoms with E-state index in [9.17, 15) is 4.79 Å². The fourth-order valence-corrected chi connectivity index (χ4v) is 2.22. The van der Waals surface area contributed by atoms with Crippen LogP contribution in [0, 0.1) is 0 Å². The van der Waals surface area contributed by atoms with Crippen molar-refractivity contribution in [3.8, 4) is 11.3 Å². The molecule has 2 aromatic heterocycles. The van der Waals surface area contributed by atoms with Gasteiger partial charge in [0.2, 0.25) is 0 Å². The third-order valence-electron chi connectivity index (χ3n) is 3.13. The van der Waals surface area contributed by atoms with Gasteiger partial charge in [-0.1, -0.05) is 30.3 Å². The molecule has 0 aliphatic carbocycles. The minimum absolute atomic E-state index is 0.0672. The summed E-state index contributed by atoms with van der Waals surface area (Å²) in [5.74, 6) is -0.820. The first-order valence-electron chi connectivity index (χ1n) is 6.35. The van der Waals surface area contributed by atoms with Gasteiger partial charge in [0.05, 0.1) is 5.69 Å². The second kappa shape index (κ2) is 5.13. The molecular weight excluding hydrogens is 254 g/mol. The fraction of sp³-hybridized carbons (Fsp3) is 0.133. The van der Waals surface area contributed by atoms with E-state index in [1.807, 2.05) is 36.5 Å². The highest BCUT2D eigenvalue weighted by Crippen LogP contribution is 2.26. The molecule has 20 heavy (non-hydrogen) atoms. The largest absolute Gasteiger partial charge is 0.481 e. The van der Waals surface area contributed by atoms with Crippen LogP contribution in [0.25, 0.3) is 16.9 Å². The van der Waals surface area contributed by atoms with Crippen molar-refractivity contribution in [1.82, 2.24) is 14.6 Å². The first kappa shape index (κ1) is 12.3. The molecule has 3 aromatic rings. The Balaban J connectivity index is 2.15. The summed E-state index contributed by atoms with van der Waals surface area (Å²) in [7, 11) is 0. The van der Waals surface area contributed by atoms with E-state index >= 15 is 0 Å². The van der Waals surface area contributed by atoms with Gasteiger partial charge >= 0.3 is 5.97 Å². The molecule has 2 heterocycles. The summed E-state index contributed by atoms with van der Waals surface area (Å²) in [5.41, 5.74) is 3.36. The van der Waals surface area contributed by atoms with Crippen molar-refractivity contribution in [2.24, 2.45) is 0 Å². The molecule has 0 amide bonds. The zero-order valence-corrected chi connectivity index (χ0v) is 10.7. The van der Waals surface area contributed by atoms with E-state index in [-0.39, 0.29) is 6.42 Å². The fourth-order valence-electron chi connectivity index (χ4n) is 2.22. The number of carbonyl (C=O) groups is 1. The average molecular weight is 267 g/mol. The Kier molecular flexibility index (Phi) is 3.16. The van der Waals surface area contributed by atoms with Gasteiger partial charge in [-0.3, -0.25) is 4.79 Å². The minimum atomic E-state index is -0.820. The van der Waals surface area contributed by atoms with Crippen LogP contribution < -0.4 is 0 Å². The van der Waals surface area contributed by atoms with Crippen molar-refractivity contribution >= 4 is 11.6 Å². The SMILES string of the molecule is O=C(O)CCc1c(-c2ccccc2)nn2cccnc12. The average Bonchev–Trinajstić information content (AvgIpc) is 2.84. The maximum Gasteiger partial charge on any atom is 0.303 e. The van der Waals surface area contributed by atoms with E-state index in [1.54, 1.807) is 16.8 Å². The Hall–Kier alpha value is -2.69. The molecule has 0 saturated heterocycles. The molecule has 5 heteroatoms. The first-order valence-corrected chi connectivity index (χ1v) is 6.35. The number of carboxylic acid groups (broad SMARTS) is 1. The van der Waals surface area contributed by atoms with E-state index in [0.717, 1.165) is 16.8 Å². The molecular formula is C15H13N3O2. The zero-order valence-electron chi connectivity index (χ0n) is 10.7. The molecule has 3 rings (SSSR count). The van der Waals surface area contributed by atoms with Gasteiger partial charge < -0.3 is 5.11 Å². The third-order valence-corrected chi connectivity index (χ3v) is 3.13. The van der Waals surface area contributed by atoms with Gasteiger partial charge in [0, 0.05) is 29.9 Å². The van der Waals surface area contributed by atoms with Gasteiger partial charge in [-0.05, 0) is 12.5 Å². The molecule has 0 bridgehead atoms. The molecule has 0 unspecified atom stereocenters. The molecule has 0 spiro atoms. The van der Waals surface area contributed by atoms with Crippen LogP contribution in [0.1, 0.15) is 12.0 Å². The monoisotopic (exact) mass is 267 g/mol. The number of hydrogen-bond acceptors (Lipinski definition) is 3. The standard InChI is InChI=1S/C15H13N3O2/c19-13(20)8-7-12-14(11-5-2-1-3-6-11)17-18-10-4-9-16-15(12)18/h1-6,9-10H,7-8H2,(H,19,20). The predicted octanol–water partition coefficient (Wildman–Crippen LogP) is 2.41. The Morgan fingerprint density at radius 1 is 1.20 bits per heavy atom. The summed E-state index contributed by atoms with van der Waals surface area (Å²) in [6, 6.07) is 11.5. The molecule has 0 radical (unpaired) electrons. The third kappa shape index (κ3) is 2.25. The number of benzene rings is 1. The van der Waals surface area contributed by atoms with Crippen LogP contribution in [-0.2, 0) is 11.2 Å². The molecule has 0 fully saturated rings. The van der Waals surface area contributed by atoms with Gasteiger partial charge in [-0.2, -0.15) is 5.10 Å². The number of hydrogen-bond donors (Lipinski definition) is 1. The number of fused-ring (bicyclic) bond motifs is 1. The van der Waals surface area contributed by atoms with Gasteiger partial charge in [0.1, 0.15) is 0 Å². The van der Waals surface area contributed by atoms with Gasteiger partial charge in [0.25, 0.3) is 0 Å². The summed E-state index contributed by atoms with van der Waals surface area (Å²) >= 11 is 0. The Morgan fingerprint density at radius 3 is 2.75 bits per heavy atom. The lowest BCUT2D eigenvalue weighted by molar-refractivity contribution is -0.136.